The van der Waals surface area contributed by atoms with Crippen molar-refractivity contribution in [3.05, 3.63) is 68.4 Å². The number of hydrogen-bond donors (Lipinski definition) is 0. The number of benzene rings is 2. The second-order valence-corrected chi connectivity index (χ2v) is 4.62. The SMILES string of the molecule is O=[N+]([O-])c1ccc(COc2ccccc2Br)cc1F. The number of rotatable bonds is 4. The van der Waals surface area contributed by atoms with Gasteiger partial charge in [-0.1, -0.05) is 12.1 Å². The van der Waals surface area contributed by atoms with Crippen LogP contribution in [0.4, 0.5) is 10.1 Å². The van der Waals surface area contributed by atoms with Crippen molar-refractivity contribution in [1.82, 2.24) is 0 Å². The molecule has 0 aliphatic carbocycles. The average molecular weight is 326 g/mol. The summed E-state index contributed by atoms with van der Waals surface area (Å²) in [6.07, 6.45) is 0. The molecular formula is C13H9BrFNO3. The van der Waals surface area contributed by atoms with Crippen molar-refractivity contribution in [2.75, 3.05) is 0 Å². The summed E-state index contributed by atoms with van der Waals surface area (Å²) in [4.78, 5) is 9.73. The lowest BCUT2D eigenvalue weighted by molar-refractivity contribution is -0.387. The number of hydrogen-bond acceptors (Lipinski definition) is 3. The maximum atomic E-state index is 13.4. The predicted octanol–water partition coefficient (Wildman–Crippen LogP) is 4.08. The molecule has 0 spiro atoms. The highest BCUT2D eigenvalue weighted by molar-refractivity contribution is 9.10. The van der Waals surface area contributed by atoms with E-state index in [1.54, 1.807) is 6.07 Å². The van der Waals surface area contributed by atoms with Crippen LogP contribution < -0.4 is 4.74 Å². The molecule has 4 nitrogen and oxygen atoms in total. The topological polar surface area (TPSA) is 52.4 Å². The molecule has 19 heavy (non-hydrogen) atoms. The van der Waals surface area contributed by atoms with Crippen molar-refractivity contribution in [3.63, 3.8) is 0 Å². The van der Waals surface area contributed by atoms with Crippen molar-refractivity contribution in [1.29, 1.82) is 0 Å². The molecule has 0 aliphatic rings. The van der Waals surface area contributed by atoms with E-state index in [0.29, 0.717) is 11.3 Å². The van der Waals surface area contributed by atoms with Gasteiger partial charge < -0.3 is 4.74 Å². The Kier molecular flexibility index (Phi) is 4.11. The highest BCUT2D eigenvalue weighted by atomic mass is 79.9. The fourth-order valence-corrected chi connectivity index (χ4v) is 1.91. The Balaban J connectivity index is 2.11. The molecule has 0 aliphatic heterocycles. The molecule has 0 heterocycles. The van der Waals surface area contributed by atoms with Crippen LogP contribution in [0.1, 0.15) is 5.56 Å². The Morgan fingerprint density at radius 3 is 2.63 bits per heavy atom. The van der Waals surface area contributed by atoms with E-state index in [1.165, 1.54) is 6.07 Å². The first-order valence-corrected chi connectivity index (χ1v) is 6.17. The van der Waals surface area contributed by atoms with Crippen LogP contribution in [0.3, 0.4) is 0 Å². The van der Waals surface area contributed by atoms with E-state index < -0.39 is 16.4 Å². The third kappa shape index (κ3) is 3.29. The van der Waals surface area contributed by atoms with Gasteiger partial charge >= 0.3 is 5.69 Å². The summed E-state index contributed by atoms with van der Waals surface area (Å²) in [5.74, 6) is -0.237. The maximum absolute atomic E-state index is 13.4. The predicted molar refractivity (Wildman–Crippen MR) is 71.5 cm³/mol. The number of halogens is 2. The van der Waals surface area contributed by atoms with Gasteiger partial charge in [0.25, 0.3) is 0 Å². The van der Waals surface area contributed by atoms with E-state index in [9.17, 15) is 14.5 Å². The van der Waals surface area contributed by atoms with Gasteiger partial charge in [-0.15, -0.1) is 0 Å². The Labute approximate surface area is 117 Å². The van der Waals surface area contributed by atoms with Gasteiger partial charge in [0.2, 0.25) is 5.82 Å². The van der Waals surface area contributed by atoms with Crippen molar-refractivity contribution < 1.29 is 14.1 Å². The van der Waals surface area contributed by atoms with Gasteiger partial charge in [-0.25, -0.2) is 0 Å². The van der Waals surface area contributed by atoms with Gasteiger partial charge in [-0.2, -0.15) is 4.39 Å². The molecule has 0 saturated carbocycles. The van der Waals surface area contributed by atoms with Gasteiger partial charge in [0, 0.05) is 6.07 Å². The standard InChI is InChI=1S/C13H9BrFNO3/c14-10-3-1-2-4-13(10)19-8-9-5-6-12(16(17)18)11(15)7-9/h1-7H,8H2. The number of nitro groups is 1. The fraction of sp³-hybridized carbons (Fsp3) is 0.0769. The van der Waals surface area contributed by atoms with Crippen LogP contribution in [0.5, 0.6) is 5.75 Å². The molecule has 6 heteroatoms. The van der Waals surface area contributed by atoms with E-state index in [-0.39, 0.29) is 6.61 Å². The van der Waals surface area contributed by atoms with Crippen LogP contribution >= 0.6 is 15.9 Å². The minimum atomic E-state index is -0.863. The number of para-hydroxylation sites is 1. The van der Waals surface area contributed by atoms with Gasteiger partial charge in [0.1, 0.15) is 12.4 Å². The molecule has 0 atom stereocenters. The van der Waals surface area contributed by atoms with E-state index in [4.69, 9.17) is 4.74 Å². The summed E-state index contributed by atoms with van der Waals surface area (Å²) in [6.45, 7) is 0.136. The van der Waals surface area contributed by atoms with Gasteiger partial charge in [0.05, 0.1) is 9.40 Å². The third-order valence-electron chi connectivity index (χ3n) is 2.44. The van der Waals surface area contributed by atoms with Crippen molar-refractivity contribution >= 4 is 21.6 Å². The van der Waals surface area contributed by atoms with Crippen molar-refractivity contribution in [3.8, 4) is 5.75 Å². The van der Waals surface area contributed by atoms with E-state index in [2.05, 4.69) is 15.9 Å². The molecule has 2 aromatic rings. The zero-order valence-corrected chi connectivity index (χ0v) is 11.3. The van der Waals surface area contributed by atoms with Crippen LogP contribution in [-0.4, -0.2) is 4.92 Å². The zero-order valence-electron chi connectivity index (χ0n) is 9.68. The molecule has 0 amide bonds. The molecule has 0 fully saturated rings. The quantitative estimate of drug-likeness (QED) is 0.628. The van der Waals surface area contributed by atoms with Crippen LogP contribution in [0.25, 0.3) is 0 Å². The van der Waals surface area contributed by atoms with E-state index >= 15 is 0 Å². The first kappa shape index (κ1) is 13.5. The molecule has 0 N–H and O–H groups in total. The summed E-state index contributed by atoms with van der Waals surface area (Å²) in [6, 6.07) is 11.0. The Morgan fingerprint density at radius 2 is 2.00 bits per heavy atom. The smallest absolute Gasteiger partial charge is 0.304 e. The molecule has 98 valence electrons. The third-order valence-corrected chi connectivity index (χ3v) is 3.09. The highest BCUT2D eigenvalue weighted by Crippen LogP contribution is 2.25. The summed E-state index contributed by atoms with van der Waals surface area (Å²) in [5.41, 5.74) is -0.0107. The first-order chi connectivity index (χ1) is 9.08. The number of nitro benzene ring substituents is 1. The number of ether oxygens (including phenoxy) is 1. The lowest BCUT2D eigenvalue weighted by Gasteiger charge is -2.08. The molecule has 0 aromatic heterocycles. The van der Waals surface area contributed by atoms with Crippen LogP contribution in [-0.2, 0) is 6.61 Å². The summed E-state index contributed by atoms with van der Waals surface area (Å²) in [7, 11) is 0. The normalized spacial score (nSPS) is 10.2. The largest absolute Gasteiger partial charge is 0.488 e. The van der Waals surface area contributed by atoms with Gasteiger partial charge in [-0.3, -0.25) is 10.1 Å². The first-order valence-electron chi connectivity index (χ1n) is 5.38. The van der Waals surface area contributed by atoms with Gasteiger partial charge in [-0.05, 0) is 45.8 Å². The molecular weight excluding hydrogens is 317 g/mol. The molecule has 0 saturated heterocycles. The van der Waals surface area contributed by atoms with Crippen molar-refractivity contribution in [2.24, 2.45) is 0 Å². The number of nitrogens with zero attached hydrogens (tertiary/aromatic N) is 1. The molecule has 0 unspecified atom stereocenters. The Bertz CT molecular complexity index is 619. The summed E-state index contributed by atoms with van der Waals surface area (Å²) < 4.78 is 19.7. The van der Waals surface area contributed by atoms with E-state index in [1.807, 2.05) is 18.2 Å². The Morgan fingerprint density at radius 1 is 1.26 bits per heavy atom. The molecule has 0 radical (unpaired) electrons. The second kappa shape index (κ2) is 5.79. The summed E-state index contributed by atoms with van der Waals surface area (Å²) >= 11 is 3.33. The zero-order chi connectivity index (χ0) is 13.8. The summed E-state index contributed by atoms with van der Waals surface area (Å²) in [5, 5.41) is 10.5. The van der Waals surface area contributed by atoms with Crippen LogP contribution in [0.2, 0.25) is 0 Å². The second-order valence-electron chi connectivity index (χ2n) is 3.76. The van der Waals surface area contributed by atoms with E-state index in [0.717, 1.165) is 16.6 Å². The minimum absolute atomic E-state index is 0.136. The average Bonchev–Trinajstić information content (AvgIpc) is 2.37. The van der Waals surface area contributed by atoms with Crippen molar-refractivity contribution in [2.45, 2.75) is 6.61 Å². The minimum Gasteiger partial charge on any atom is -0.488 e. The maximum Gasteiger partial charge on any atom is 0.304 e. The molecule has 2 aromatic carbocycles. The van der Waals surface area contributed by atoms with Crippen LogP contribution in [0.15, 0.2) is 46.9 Å². The molecule has 2 rings (SSSR count). The fourth-order valence-electron chi connectivity index (χ4n) is 1.51. The lowest BCUT2D eigenvalue weighted by atomic mass is 10.2. The highest BCUT2D eigenvalue weighted by Gasteiger charge is 2.13. The lowest BCUT2D eigenvalue weighted by Crippen LogP contribution is -1.98. The Hall–Kier alpha value is -1.95. The van der Waals surface area contributed by atoms with Gasteiger partial charge in [0.15, 0.2) is 0 Å². The molecule has 0 bridgehead atoms. The monoisotopic (exact) mass is 325 g/mol. The van der Waals surface area contributed by atoms with Crippen LogP contribution in [0, 0.1) is 15.9 Å².